The quantitative estimate of drug-likeness (QED) is 0.149. The third-order valence-corrected chi connectivity index (χ3v) is 23.3. The van der Waals surface area contributed by atoms with Gasteiger partial charge in [0.05, 0.1) is 44.1 Å². The Kier molecular flexibility index (Phi) is 11.1. The zero-order valence-corrected chi connectivity index (χ0v) is 55.7. The van der Waals surface area contributed by atoms with E-state index < -0.39 is 0 Å². The molecule has 0 unspecified atom stereocenters. The average Bonchev–Trinajstić information content (AvgIpc) is 1.66. The zero-order chi connectivity index (χ0) is 66.9. The molecule has 5 aromatic heterocycles. The summed E-state index contributed by atoms with van der Waals surface area (Å²) >= 11 is 0. The number of fused-ring (bicyclic) bond motifs is 20. The minimum atomic E-state index is -0.218. The fourth-order valence-corrected chi connectivity index (χ4v) is 19.1. The number of hydrogen-bond acceptors (Lipinski definition) is 2. The van der Waals surface area contributed by atoms with Crippen molar-refractivity contribution >= 4 is 128 Å². The first-order valence-electron chi connectivity index (χ1n) is 35.8. The molecule has 0 saturated carbocycles. The van der Waals surface area contributed by atoms with Gasteiger partial charge in [-0.25, -0.2) is 0 Å². The molecule has 6 nitrogen and oxygen atoms in total. The van der Waals surface area contributed by atoms with Gasteiger partial charge in [0.15, 0.2) is 0 Å². The summed E-state index contributed by atoms with van der Waals surface area (Å²) in [7, 11) is 0. The molecule has 24 rings (SSSR count). The van der Waals surface area contributed by atoms with Crippen LogP contribution in [0.25, 0.3) is 188 Å². The number of hydrogen-bond donors (Lipinski definition) is 0. The monoisotopic (exact) mass is 1300 g/mol. The van der Waals surface area contributed by atoms with Crippen molar-refractivity contribution in [3.8, 4) is 101 Å². The second-order valence-corrected chi connectivity index (χ2v) is 28.5. The number of rotatable bonds is 7. The summed E-state index contributed by atoms with van der Waals surface area (Å²) < 4.78 is 13.3. The predicted octanol–water partition coefficient (Wildman–Crippen LogP) is 20.8. The van der Waals surface area contributed by atoms with Crippen molar-refractivity contribution in [1.29, 1.82) is 0 Å². The fourth-order valence-electron chi connectivity index (χ4n) is 19.1. The summed E-state index contributed by atoms with van der Waals surface area (Å²) in [5, 5.41) is 9.86. The molecule has 472 valence electrons. The van der Waals surface area contributed by atoms with E-state index in [0.29, 0.717) is 0 Å². The third-order valence-electron chi connectivity index (χ3n) is 23.3. The Morgan fingerprint density at radius 2 is 0.563 bits per heavy atom. The molecule has 20 aromatic rings. The van der Waals surface area contributed by atoms with Crippen molar-refractivity contribution in [3.05, 3.63) is 340 Å². The second-order valence-electron chi connectivity index (χ2n) is 28.5. The Hall–Kier alpha value is -13.4. The van der Waals surface area contributed by atoms with Crippen LogP contribution in [0.4, 0.5) is 5.69 Å². The van der Waals surface area contributed by atoms with Gasteiger partial charge >= 0.3 is 13.7 Å². The van der Waals surface area contributed by atoms with Crippen LogP contribution in [0.2, 0.25) is 0 Å². The SMILES string of the molecule is c1ccc(-c2ccc3c(c2)c2cc(-c4ccccc4)ccc2n3-c2cc3c4c(c2)-n2c5ccccc5c5cccc(c52)B4N2B4c5c(cc(-n6c7ccc(-c8ccccc8)cc7c7cc(-c8ccccc8)ccc76)cc5-n5c6ccccc6c6cccc4c65)-c4cc(-c5ccncc5)cc-3c42)cc1. The van der Waals surface area contributed by atoms with Gasteiger partial charge in [0.2, 0.25) is 0 Å². The summed E-state index contributed by atoms with van der Waals surface area (Å²) in [6, 6.07) is 124. The standard InChI is InChI=1S/C95H56B2N6/c1-5-19-57(20-6-1)62-35-39-85-73(47-62)74-48-63(58-21-7-2-8-22-58)36-40-86(74)99(85)67-53-77-79-51-66(61-43-45-98-46-44-61)52-80-78-54-68(100-87-41-37-64(59-23-9-3-10-24-59)49-75(87)76-50-65(38-42-88(76)100)60-25-11-4-12-26-60)56-90-92(78)97(82-32-18-30-72-70-28-14-16-34-84(70)102(90)95(72)82)103(93(79)80)96-81-31-17-29-71-69-27-13-15-33-83(69)101(94(71)81)89(55-67)91(77)96/h1-56H. The number of benzene rings is 15. The van der Waals surface area contributed by atoms with E-state index in [1.54, 1.807) is 0 Å². The summed E-state index contributed by atoms with van der Waals surface area (Å²) in [4.78, 5) is 4.65. The molecule has 103 heavy (non-hydrogen) atoms. The van der Waals surface area contributed by atoms with E-state index in [4.69, 9.17) is 0 Å². The summed E-state index contributed by atoms with van der Waals surface area (Å²) in [5.41, 5.74) is 37.3. The van der Waals surface area contributed by atoms with Gasteiger partial charge in [-0.2, -0.15) is 0 Å². The van der Waals surface area contributed by atoms with Crippen LogP contribution in [-0.4, -0.2) is 36.9 Å². The number of aromatic nitrogens is 5. The molecule has 0 aliphatic carbocycles. The molecule has 0 amide bonds. The fraction of sp³-hybridized carbons (Fsp3) is 0. The van der Waals surface area contributed by atoms with Crippen molar-refractivity contribution in [3.63, 3.8) is 0 Å². The first-order valence-corrected chi connectivity index (χ1v) is 35.8. The zero-order valence-electron chi connectivity index (χ0n) is 55.7. The molecule has 0 atom stereocenters. The van der Waals surface area contributed by atoms with Crippen LogP contribution in [0.15, 0.2) is 340 Å². The smallest absolute Gasteiger partial charge is 0.316 e. The Bertz CT molecular complexity index is 6510. The van der Waals surface area contributed by atoms with Gasteiger partial charge in [-0.15, -0.1) is 0 Å². The minimum Gasteiger partial charge on any atom is -0.444 e. The lowest BCUT2D eigenvalue weighted by atomic mass is 9.32. The van der Waals surface area contributed by atoms with Gasteiger partial charge in [0, 0.05) is 95.0 Å². The third kappa shape index (κ3) is 7.55. The van der Waals surface area contributed by atoms with Crippen LogP contribution in [0.5, 0.6) is 0 Å². The summed E-state index contributed by atoms with van der Waals surface area (Å²) in [6.45, 7) is -0.436. The molecular formula is C95H56B2N6. The van der Waals surface area contributed by atoms with Crippen molar-refractivity contribution in [2.45, 2.75) is 0 Å². The highest BCUT2D eigenvalue weighted by atomic mass is 15.1. The highest BCUT2D eigenvalue weighted by Crippen LogP contribution is 2.54. The van der Waals surface area contributed by atoms with Gasteiger partial charge < -0.3 is 23.0 Å². The van der Waals surface area contributed by atoms with Crippen molar-refractivity contribution < 1.29 is 0 Å². The molecule has 0 saturated heterocycles. The van der Waals surface area contributed by atoms with Gasteiger partial charge in [-0.3, -0.25) is 4.98 Å². The van der Waals surface area contributed by atoms with Crippen LogP contribution in [0.3, 0.4) is 0 Å². The Morgan fingerprint density at radius 1 is 0.223 bits per heavy atom. The Balaban J connectivity index is 0.845. The van der Waals surface area contributed by atoms with Crippen molar-refractivity contribution in [2.75, 3.05) is 4.72 Å². The van der Waals surface area contributed by atoms with Crippen LogP contribution in [0, 0.1) is 0 Å². The maximum atomic E-state index is 4.65. The van der Waals surface area contributed by atoms with Crippen molar-refractivity contribution in [2.24, 2.45) is 0 Å². The topological polar surface area (TPSA) is 35.9 Å². The van der Waals surface area contributed by atoms with E-state index in [-0.39, 0.29) is 13.7 Å². The average molecular weight is 1300 g/mol. The molecule has 4 aliphatic heterocycles. The largest absolute Gasteiger partial charge is 0.444 e. The molecule has 0 radical (unpaired) electrons. The molecule has 8 heteroatoms. The molecule has 9 heterocycles. The first kappa shape index (κ1) is 55.5. The molecule has 0 bridgehead atoms. The van der Waals surface area contributed by atoms with Gasteiger partial charge in [-0.1, -0.05) is 218 Å². The molecule has 0 spiro atoms. The minimum absolute atomic E-state index is 0.218. The van der Waals surface area contributed by atoms with Crippen LogP contribution < -0.4 is 26.6 Å². The lowest BCUT2D eigenvalue weighted by Crippen LogP contribution is -2.74. The van der Waals surface area contributed by atoms with Gasteiger partial charge in [0.25, 0.3) is 0 Å². The van der Waals surface area contributed by atoms with E-state index >= 15 is 0 Å². The molecular weight excluding hydrogens is 1250 g/mol. The second kappa shape index (κ2) is 20.6. The van der Waals surface area contributed by atoms with Crippen molar-refractivity contribution in [1.82, 2.24) is 23.3 Å². The normalized spacial score (nSPS) is 13.0. The van der Waals surface area contributed by atoms with Crippen LogP contribution in [0.1, 0.15) is 0 Å². The van der Waals surface area contributed by atoms with E-state index in [2.05, 4.69) is 356 Å². The molecule has 15 aromatic carbocycles. The maximum absolute atomic E-state index is 4.65. The number of anilines is 1. The first-order chi connectivity index (χ1) is 51.1. The van der Waals surface area contributed by atoms with E-state index in [9.17, 15) is 0 Å². The van der Waals surface area contributed by atoms with E-state index in [1.165, 1.54) is 171 Å². The summed E-state index contributed by atoms with van der Waals surface area (Å²) in [6.07, 6.45) is 3.90. The molecule has 0 N–H and O–H groups in total. The summed E-state index contributed by atoms with van der Waals surface area (Å²) in [5.74, 6) is 0. The highest BCUT2D eigenvalue weighted by molar-refractivity contribution is 7.09. The van der Waals surface area contributed by atoms with Crippen LogP contribution >= 0.6 is 0 Å². The van der Waals surface area contributed by atoms with E-state index in [0.717, 1.165) is 44.6 Å². The molecule has 4 aliphatic rings. The van der Waals surface area contributed by atoms with Gasteiger partial charge in [0.1, 0.15) is 0 Å². The lowest BCUT2D eigenvalue weighted by Gasteiger charge is -2.50. The lowest BCUT2D eigenvalue weighted by molar-refractivity contribution is 1.13. The number of nitrogens with zero attached hydrogens (tertiary/aromatic N) is 6. The Morgan fingerprint density at radius 3 is 0.951 bits per heavy atom. The predicted molar refractivity (Wildman–Crippen MR) is 432 cm³/mol. The highest BCUT2D eigenvalue weighted by Gasteiger charge is 2.53. The number of para-hydroxylation sites is 4. The molecule has 0 fully saturated rings. The van der Waals surface area contributed by atoms with E-state index in [1.807, 2.05) is 12.4 Å². The number of pyridine rings is 1. The Labute approximate surface area is 593 Å². The van der Waals surface area contributed by atoms with Crippen LogP contribution in [-0.2, 0) is 0 Å². The maximum Gasteiger partial charge on any atom is 0.316 e. The van der Waals surface area contributed by atoms with Gasteiger partial charge in [-0.05, 0) is 198 Å².